The van der Waals surface area contributed by atoms with Crippen LogP contribution < -0.4 is 9.47 Å². The lowest BCUT2D eigenvalue weighted by Crippen LogP contribution is -2.31. The number of aryl methyl sites for hydroxylation is 2. The number of hydrogen-bond acceptors (Lipinski definition) is 6. The molecule has 1 unspecified atom stereocenters. The van der Waals surface area contributed by atoms with Crippen molar-refractivity contribution >= 4 is 5.91 Å². The van der Waals surface area contributed by atoms with Gasteiger partial charge in [0.25, 0.3) is 0 Å². The van der Waals surface area contributed by atoms with Crippen LogP contribution in [0.2, 0.25) is 0 Å². The van der Waals surface area contributed by atoms with E-state index in [9.17, 15) is 4.79 Å². The Balaban J connectivity index is 1.30. The standard InChI is InChI=1S/C19H22N2O5/c1-12-16(13(2)26-20-12)10-23-15-5-6-21(9-15)19(22)8-14-3-4-17-18(7-14)25-11-24-17/h3-4,7,15H,5-6,8-11H2,1-2H3. The number of likely N-dealkylation sites (tertiary alicyclic amines) is 1. The number of ether oxygens (including phenoxy) is 3. The van der Waals surface area contributed by atoms with E-state index in [0.717, 1.165) is 41.3 Å². The molecule has 3 heterocycles. The van der Waals surface area contributed by atoms with Crippen LogP contribution in [-0.4, -0.2) is 42.0 Å². The molecule has 1 saturated heterocycles. The molecule has 2 aromatic rings. The lowest BCUT2D eigenvalue weighted by molar-refractivity contribution is -0.130. The summed E-state index contributed by atoms with van der Waals surface area (Å²) in [6.45, 7) is 5.83. The maximum Gasteiger partial charge on any atom is 0.231 e. The Morgan fingerprint density at radius 1 is 1.31 bits per heavy atom. The van der Waals surface area contributed by atoms with E-state index >= 15 is 0 Å². The lowest BCUT2D eigenvalue weighted by atomic mass is 10.1. The quantitative estimate of drug-likeness (QED) is 0.817. The number of fused-ring (bicyclic) bond motifs is 1. The van der Waals surface area contributed by atoms with Gasteiger partial charge in [0, 0.05) is 18.7 Å². The van der Waals surface area contributed by atoms with Crippen molar-refractivity contribution in [1.82, 2.24) is 10.1 Å². The molecule has 1 amide bonds. The molecule has 2 aliphatic heterocycles. The summed E-state index contributed by atoms with van der Waals surface area (Å²) in [5.41, 5.74) is 2.78. The molecule has 1 fully saturated rings. The van der Waals surface area contributed by atoms with Gasteiger partial charge in [-0.2, -0.15) is 0 Å². The van der Waals surface area contributed by atoms with Gasteiger partial charge in [0.2, 0.25) is 12.7 Å². The minimum Gasteiger partial charge on any atom is -0.454 e. The molecule has 0 aliphatic carbocycles. The molecular formula is C19H22N2O5. The van der Waals surface area contributed by atoms with Crippen LogP contribution in [0.5, 0.6) is 11.5 Å². The highest BCUT2D eigenvalue weighted by Crippen LogP contribution is 2.32. The summed E-state index contributed by atoms with van der Waals surface area (Å²) in [7, 11) is 0. The fourth-order valence-corrected chi connectivity index (χ4v) is 3.34. The third-order valence-electron chi connectivity index (χ3n) is 4.93. The molecule has 138 valence electrons. The first-order valence-electron chi connectivity index (χ1n) is 8.80. The molecule has 7 heteroatoms. The Labute approximate surface area is 151 Å². The van der Waals surface area contributed by atoms with Gasteiger partial charge >= 0.3 is 0 Å². The van der Waals surface area contributed by atoms with Crippen molar-refractivity contribution in [2.75, 3.05) is 19.9 Å². The number of amides is 1. The van der Waals surface area contributed by atoms with Crippen LogP contribution in [0.1, 0.15) is 29.0 Å². The number of carbonyl (C=O) groups is 1. The number of carbonyl (C=O) groups excluding carboxylic acids is 1. The molecule has 4 rings (SSSR count). The van der Waals surface area contributed by atoms with E-state index in [1.807, 2.05) is 36.9 Å². The lowest BCUT2D eigenvalue weighted by Gasteiger charge is -2.17. The fraction of sp³-hybridized carbons (Fsp3) is 0.474. The molecule has 0 saturated carbocycles. The smallest absolute Gasteiger partial charge is 0.231 e. The number of hydrogen-bond donors (Lipinski definition) is 0. The summed E-state index contributed by atoms with van der Waals surface area (Å²) in [6, 6.07) is 5.64. The number of benzene rings is 1. The van der Waals surface area contributed by atoms with Crippen molar-refractivity contribution in [3.05, 3.63) is 40.8 Å². The Morgan fingerprint density at radius 2 is 2.15 bits per heavy atom. The highest BCUT2D eigenvalue weighted by molar-refractivity contribution is 5.79. The second-order valence-corrected chi connectivity index (χ2v) is 6.73. The third-order valence-corrected chi connectivity index (χ3v) is 4.93. The van der Waals surface area contributed by atoms with Gasteiger partial charge in [-0.25, -0.2) is 0 Å². The van der Waals surface area contributed by atoms with Crippen LogP contribution in [0.4, 0.5) is 0 Å². The van der Waals surface area contributed by atoms with Crippen LogP contribution in [0.3, 0.4) is 0 Å². The number of aromatic nitrogens is 1. The Morgan fingerprint density at radius 3 is 2.96 bits per heavy atom. The highest BCUT2D eigenvalue weighted by Gasteiger charge is 2.27. The van der Waals surface area contributed by atoms with E-state index in [2.05, 4.69) is 5.16 Å². The molecular weight excluding hydrogens is 336 g/mol. The maximum atomic E-state index is 12.6. The third kappa shape index (κ3) is 3.39. The van der Waals surface area contributed by atoms with Crippen molar-refractivity contribution in [2.24, 2.45) is 0 Å². The van der Waals surface area contributed by atoms with E-state index in [-0.39, 0.29) is 18.8 Å². The molecule has 2 aliphatic rings. The second kappa shape index (κ2) is 6.99. The SMILES string of the molecule is Cc1noc(C)c1COC1CCN(C(=O)Cc2ccc3c(c2)OCO3)C1. The van der Waals surface area contributed by atoms with Gasteiger partial charge in [0.1, 0.15) is 5.76 Å². The summed E-state index contributed by atoms with van der Waals surface area (Å²) < 4.78 is 21.8. The minimum atomic E-state index is 0.0457. The molecule has 1 aromatic carbocycles. The largest absolute Gasteiger partial charge is 0.454 e. The Hall–Kier alpha value is -2.54. The van der Waals surface area contributed by atoms with Crippen molar-refractivity contribution in [1.29, 1.82) is 0 Å². The zero-order valence-electron chi connectivity index (χ0n) is 15.0. The van der Waals surface area contributed by atoms with Crippen LogP contribution in [0.25, 0.3) is 0 Å². The predicted octanol–water partition coefficient (Wildman–Crippen LogP) is 2.38. The summed E-state index contributed by atoms with van der Waals surface area (Å²) in [4.78, 5) is 14.4. The van der Waals surface area contributed by atoms with E-state index in [0.29, 0.717) is 25.3 Å². The monoisotopic (exact) mass is 358 g/mol. The van der Waals surface area contributed by atoms with Gasteiger partial charge in [-0.3, -0.25) is 4.79 Å². The average molecular weight is 358 g/mol. The molecule has 26 heavy (non-hydrogen) atoms. The zero-order chi connectivity index (χ0) is 18.1. The van der Waals surface area contributed by atoms with Gasteiger partial charge in [0.15, 0.2) is 11.5 Å². The molecule has 1 atom stereocenters. The van der Waals surface area contributed by atoms with Gasteiger partial charge in [-0.05, 0) is 38.0 Å². The van der Waals surface area contributed by atoms with Gasteiger partial charge in [-0.15, -0.1) is 0 Å². The van der Waals surface area contributed by atoms with Gasteiger partial charge in [0.05, 0.1) is 24.8 Å². The van der Waals surface area contributed by atoms with Crippen molar-refractivity contribution in [3.63, 3.8) is 0 Å². The molecule has 0 bridgehead atoms. The first-order valence-corrected chi connectivity index (χ1v) is 8.80. The summed E-state index contributed by atoms with van der Waals surface area (Å²) in [6.07, 6.45) is 1.24. The summed E-state index contributed by atoms with van der Waals surface area (Å²) >= 11 is 0. The minimum absolute atomic E-state index is 0.0457. The van der Waals surface area contributed by atoms with Crippen molar-refractivity contribution in [2.45, 2.75) is 39.4 Å². The zero-order valence-corrected chi connectivity index (χ0v) is 15.0. The highest BCUT2D eigenvalue weighted by atomic mass is 16.7. The Kier molecular flexibility index (Phi) is 4.55. The topological polar surface area (TPSA) is 74.0 Å². The summed E-state index contributed by atoms with van der Waals surface area (Å²) in [5, 5.41) is 3.94. The van der Waals surface area contributed by atoms with Gasteiger partial charge in [-0.1, -0.05) is 11.2 Å². The van der Waals surface area contributed by atoms with Crippen molar-refractivity contribution in [3.8, 4) is 11.5 Å². The van der Waals surface area contributed by atoms with E-state index in [4.69, 9.17) is 18.7 Å². The number of rotatable bonds is 5. The maximum absolute atomic E-state index is 12.6. The van der Waals surface area contributed by atoms with Crippen molar-refractivity contribution < 1.29 is 23.5 Å². The van der Waals surface area contributed by atoms with Crippen LogP contribution in [0, 0.1) is 13.8 Å². The van der Waals surface area contributed by atoms with Gasteiger partial charge < -0.3 is 23.6 Å². The van der Waals surface area contributed by atoms with E-state index < -0.39 is 0 Å². The van der Waals surface area contributed by atoms with E-state index in [1.54, 1.807) is 0 Å². The molecule has 1 aromatic heterocycles. The molecule has 7 nitrogen and oxygen atoms in total. The normalized spacial score (nSPS) is 18.5. The molecule has 0 N–H and O–H groups in total. The van der Waals surface area contributed by atoms with E-state index in [1.165, 1.54) is 0 Å². The number of nitrogens with zero attached hydrogens (tertiary/aromatic N) is 2. The molecule has 0 spiro atoms. The van der Waals surface area contributed by atoms with Crippen LogP contribution in [-0.2, 0) is 22.6 Å². The van der Waals surface area contributed by atoms with Crippen LogP contribution >= 0.6 is 0 Å². The second-order valence-electron chi connectivity index (χ2n) is 6.73. The Bertz CT molecular complexity index is 797. The summed E-state index contributed by atoms with van der Waals surface area (Å²) in [5.74, 6) is 2.33. The predicted molar refractivity (Wildman–Crippen MR) is 92.0 cm³/mol. The first-order chi connectivity index (χ1) is 12.6. The van der Waals surface area contributed by atoms with Crippen LogP contribution in [0.15, 0.2) is 22.7 Å². The fourth-order valence-electron chi connectivity index (χ4n) is 3.34. The average Bonchev–Trinajstić information content (AvgIpc) is 3.34. The first kappa shape index (κ1) is 16.9. The molecule has 0 radical (unpaired) electrons.